The van der Waals surface area contributed by atoms with Gasteiger partial charge in [0, 0.05) is 15.4 Å². The van der Waals surface area contributed by atoms with Crippen molar-refractivity contribution in [1.29, 1.82) is 0 Å². The summed E-state index contributed by atoms with van der Waals surface area (Å²) in [4.78, 5) is 4.36. The molecule has 2 aromatic rings. The van der Waals surface area contributed by atoms with Crippen molar-refractivity contribution in [2.75, 3.05) is 0 Å². The maximum Gasteiger partial charge on any atom is 0.123 e. The minimum atomic E-state index is -0.527. The fourth-order valence-electron chi connectivity index (χ4n) is 1.24. The van der Waals surface area contributed by atoms with Crippen LogP contribution in [-0.2, 0) is 0 Å². The predicted molar refractivity (Wildman–Crippen MR) is 70.9 cm³/mol. The number of benzene rings is 1. The molecule has 16 heavy (non-hydrogen) atoms. The average molecular weight is 319 g/mol. The second kappa shape index (κ2) is 4.84. The Morgan fingerprint density at radius 2 is 2.25 bits per heavy atom. The van der Waals surface area contributed by atoms with E-state index >= 15 is 0 Å². The lowest BCUT2D eigenvalue weighted by molar-refractivity contribution is 0.195. The van der Waals surface area contributed by atoms with E-state index in [-0.39, 0.29) is 0 Å². The minimum Gasteiger partial charge on any atom is -0.387 e. The first-order chi connectivity index (χ1) is 7.58. The van der Waals surface area contributed by atoms with Crippen LogP contribution >= 0.6 is 38.9 Å². The van der Waals surface area contributed by atoms with Crippen molar-refractivity contribution in [3.8, 4) is 10.6 Å². The average Bonchev–Trinajstić information content (AvgIpc) is 2.71. The first-order valence-electron chi connectivity index (χ1n) is 4.67. The van der Waals surface area contributed by atoms with E-state index < -0.39 is 6.10 Å². The molecule has 1 heterocycles. The van der Waals surface area contributed by atoms with E-state index in [2.05, 4.69) is 20.9 Å². The van der Waals surface area contributed by atoms with Gasteiger partial charge in [0.05, 0.1) is 16.8 Å². The largest absolute Gasteiger partial charge is 0.387 e. The van der Waals surface area contributed by atoms with Gasteiger partial charge in [0.1, 0.15) is 5.01 Å². The van der Waals surface area contributed by atoms with Crippen molar-refractivity contribution in [3.05, 3.63) is 38.8 Å². The Labute approximate surface area is 111 Å². The Kier molecular flexibility index (Phi) is 3.64. The van der Waals surface area contributed by atoms with Gasteiger partial charge in [0.15, 0.2) is 0 Å². The highest BCUT2D eigenvalue weighted by molar-refractivity contribution is 9.10. The Morgan fingerprint density at radius 3 is 2.81 bits per heavy atom. The van der Waals surface area contributed by atoms with Crippen LogP contribution in [0.15, 0.2) is 28.1 Å². The van der Waals surface area contributed by atoms with E-state index in [1.165, 1.54) is 11.3 Å². The first kappa shape index (κ1) is 12.0. The summed E-state index contributed by atoms with van der Waals surface area (Å²) in [6, 6.07) is 5.66. The van der Waals surface area contributed by atoms with Crippen molar-refractivity contribution in [2.24, 2.45) is 0 Å². The molecular formula is C11H9BrClNOS. The molecular weight excluding hydrogens is 310 g/mol. The molecule has 0 bridgehead atoms. The van der Waals surface area contributed by atoms with Gasteiger partial charge in [0.25, 0.3) is 0 Å². The molecule has 0 saturated carbocycles. The number of nitrogens with zero attached hydrogens (tertiary/aromatic N) is 1. The molecule has 0 aliphatic rings. The number of hydrogen-bond donors (Lipinski definition) is 1. The van der Waals surface area contributed by atoms with Gasteiger partial charge in [-0.05, 0) is 35.0 Å². The number of hydrogen-bond acceptors (Lipinski definition) is 3. The third kappa shape index (κ3) is 2.46. The van der Waals surface area contributed by atoms with Crippen molar-refractivity contribution in [3.63, 3.8) is 0 Å². The summed E-state index contributed by atoms with van der Waals surface area (Å²) in [6.45, 7) is 1.70. The van der Waals surface area contributed by atoms with E-state index in [4.69, 9.17) is 11.6 Å². The lowest BCUT2D eigenvalue weighted by Crippen LogP contribution is -1.90. The highest BCUT2D eigenvalue weighted by atomic mass is 79.9. The van der Waals surface area contributed by atoms with E-state index in [9.17, 15) is 5.11 Å². The fraction of sp³-hybridized carbons (Fsp3) is 0.182. The van der Waals surface area contributed by atoms with Crippen molar-refractivity contribution < 1.29 is 5.11 Å². The molecule has 1 atom stereocenters. The molecule has 1 unspecified atom stereocenters. The smallest absolute Gasteiger partial charge is 0.123 e. The molecule has 1 aromatic carbocycles. The fourth-order valence-corrected chi connectivity index (χ4v) is 2.64. The van der Waals surface area contributed by atoms with Crippen LogP contribution in [0, 0.1) is 0 Å². The van der Waals surface area contributed by atoms with Gasteiger partial charge in [-0.2, -0.15) is 0 Å². The van der Waals surface area contributed by atoms with Crippen molar-refractivity contribution in [1.82, 2.24) is 4.98 Å². The SMILES string of the molecule is CC(O)c1csc(-c2ccc(Cl)c(Br)c2)n1. The number of rotatable bonds is 2. The Morgan fingerprint density at radius 1 is 1.50 bits per heavy atom. The Hall–Kier alpha value is -0.420. The van der Waals surface area contributed by atoms with Crippen LogP contribution in [0.2, 0.25) is 5.02 Å². The minimum absolute atomic E-state index is 0.527. The van der Waals surface area contributed by atoms with Crippen molar-refractivity contribution >= 4 is 38.9 Å². The molecule has 0 spiro atoms. The Bertz CT molecular complexity index is 512. The molecule has 1 aromatic heterocycles. The summed E-state index contributed by atoms with van der Waals surface area (Å²) in [5, 5.41) is 12.8. The number of halogens is 2. The van der Waals surface area contributed by atoms with Gasteiger partial charge in [-0.3, -0.25) is 0 Å². The quantitative estimate of drug-likeness (QED) is 0.896. The van der Waals surface area contributed by atoms with Crippen molar-refractivity contribution in [2.45, 2.75) is 13.0 Å². The van der Waals surface area contributed by atoms with E-state index in [1.807, 2.05) is 23.6 Å². The molecule has 0 aliphatic carbocycles. The second-order valence-electron chi connectivity index (χ2n) is 3.38. The van der Waals surface area contributed by atoms with Crippen LogP contribution < -0.4 is 0 Å². The third-order valence-electron chi connectivity index (χ3n) is 2.12. The zero-order valence-corrected chi connectivity index (χ0v) is 11.6. The summed E-state index contributed by atoms with van der Waals surface area (Å²) in [6.07, 6.45) is -0.527. The summed E-state index contributed by atoms with van der Waals surface area (Å²) in [5.41, 5.74) is 1.69. The lowest BCUT2D eigenvalue weighted by Gasteiger charge is -2.00. The maximum atomic E-state index is 9.40. The number of aromatic nitrogens is 1. The Balaban J connectivity index is 2.39. The van der Waals surface area contributed by atoms with Crippen LogP contribution in [-0.4, -0.2) is 10.1 Å². The zero-order valence-electron chi connectivity index (χ0n) is 8.45. The topological polar surface area (TPSA) is 33.1 Å². The summed E-state index contributed by atoms with van der Waals surface area (Å²) < 4.78 is 0.848. The molecule has 0 fully saturated rings. The first-order valence-corrected chi connectivity index (χ1v) is 6.72. The van der Waals surface area contributed by atoms with Crippen LogP contribution in [0.25, 0.3) is 10.6 Å². The number of aliphatic hydroxyl groups excluding tert-OH is 1. The highest BCUT2D eigenvalue weighted by Gasteiger charge is 2.09. The van der Waals surface area contributed by atoms with Gasteiger partial charge < -0.3 is 5.11 Å². The van der Waals surface area contributed by atoms with Gasteiger partial charge in [0.2, 0.25) is 0 Å². The standard InChI is InChI=1S/C11H9BrClNOS/c1-6(15)10-5-16-11(14-10)7-2-3-9(13)8(12)4-7/h2-6,15H,1H3. The van der Waals surface area contributed by atoms with E-state index in [0.29, 0.717) is 10.7 Å². The molecule has 2 nitrogen and oxygen atoms in total. The van der Waals surface area contributed by atoms with E-state index in [0.717, 1.165) is 15.0 Å². The van der Waals surface area contributed by atoms with Crippen LogP contribution in [0.5, 0.6) is 0 Å². The second-order valence-corrected chi connectivity index (χ2v) is 5.50. The molecule has 1 N–H and O–H groups in total. The predicted octanol–water partition coefficient (Wildman–Crippen LogP) is 4.28. The maximum absolute atomic E-state index is 9.40. The van der Waals surface area contributed by atoms with E-state index in [1.54, 1.807) is 6.92 Å². The molecule has 0 amide bonds. The number of aliphatic hydroxyl groups is 1. The van der Waals surface area contributed by atoms with Crippen LogP contribution in [0.4, 0.5) is 0 Å². The van der Waals surface area contributed by atoms with Gasteiger partial charge in [-0.15, -0.1) is 11.3 Å². The van der Waals surface area contributed by atoms with Gasteiger partial charge in [-0.1, -0.05) is 17.7 Å². The van der Waals surface area contributed by atoms with Crippen LogP contribution in [0.1, 0.15) is 18.7 Å². The highest BCUT2D eigenvalue weighted by Crippen LogP contribution is 2.31. The molecule has 0 saturated heterocycles. The molecule has 0 radical (unpaired) electrons. The summed E-state index contributed by atoms with van der Waals surface area (Å²) in [5.74, 6) is 0. The molecule has 0 aliphatic heterocycles. The monoisotopic (exact) mass is 317 g/mol. The third-order valence-corrected chi connectivity index (χ3v) is 4.24. The summed E-state index contributed by atoms with van der Waals surface area (Å²) in [7, 11) is 0. The number of thiazole rings is 1. The molecule has 84 valence electrons. The lowest BCUT2D eigenvalue weighted by atomic mass is 10.2. The summed E-state index contributed by atoms with van der Waals surface area (Å²) >= 11 is 10.8. The van der Waals surface area contributed by atoms with Crippen LogP contribution in [0.3, 0.4) is 0 Å². The molecule has 2 rings (SSSR count). The zero-order chi connectivity index (χ0) is 11.7. The van der Waals surface area contributed by atoms with Gasteiger partial charge >= 0.3 is 0 Å². The van der Waals surface area contributed by atoms with Gasteiger partial charge in [-0.25, -0.2) is 4.98 Å². The normalized spacial score (nSPS) is 12.8. The molecule has 5 heteroatoms.